The molecular weight excluding hydrogens is 481 g/mol. The Balaban J connectivity index is 1.63. The van der Waals surface area contributed by atoms with E-state index in [1.807, 2.05) is 6.92 Å². The van der Waals surface area contributed by atoms with Crippen LogP contribution in [0, 0.1) is 0 Å². The number of aromatic nitrogens is 1. The van der Waals surface area contributed by atoms with Crippen LogP contribution in [0.25, 0.3) is 0 Å². The van der Waals surface area contributed by atoms with Crippen LogP contribution in [-0.2, 0) is 16.6 Å². The van der Waals surface area contributed by atoms with E-state index in [9.17, 15) is 13.2 Å². The number of nitrogens with one attached hydrogen (secondary N) is 2. The molecule has 31 heavy (non-hydrogen) atoms. The number of sulfonamides is 1. The molecule has 0 aliphatic rings. The second-order valence-electron chi connectivity index (χ2n) is 6.39. The van der Waals surface area contributed by atoms with Crippen molar-refractivity contribution in [2.24, 2.45) is 0 Å². The normalized spacial score (nSPS) is 11.2. The zero-order chi connectivity index (χ0) is 22.4. The highest BCUT2D eigenvalue weighted by Crippen LogP contribution is 2.34. The molecule has 0 saturated heterocycles. The van der Waals surface area contributed by atoms with Crippen LogP contribution in [0.1, 0.15) is 29.3 Å². The van der Waals surface area contributed by atoms with Crippen molar-refractivity contribution in [2.75, 3.05) is 11.3 Å². The Hall–Kier alpha value is -2.33. The number of carbonyl (C=O) groups excluding carboxylic acids is 1. The molecule has 0 bridgehead atoms. The second-order valence-corrected chi connectivity index (χ2v) is 9.78. The molecule has 0 radical (unpaired) electrons. The van der Waals surface area contributed by atoms with Crippen molar-refractivity contribution in [3.63, 3.8) is 0 Å². The Morgan fingerprint density at radius 3 is 2.42 bits per heavy atom. The number of amides is 1. The predicted molar refractivity (Wildman–Crippen MR) is 123 cm³/mol. The number of nitrogens with zero attached hydrogens (tertiary/aromatic N) is 1. The third-order valence-corrected chi connectivity index (χ3v) is 6.79. The van der Waals surface area contributed by atoms with E-state index < -0.39 is 10.0 Å². The Morgan fingerprint density at radius 1 is 1.16 bits per heavy atom. The van der Waals surface area contributed by atoms with E-state index in [0.717, 1.165) is 12.0 Å². The third kappa shape index (κ3) is 6.10. The largest absolute Gasteiger partial charge is 0.490 e. The van der Waals surface area contributed by atoms with Gasteiger partial charge in [0.2, 0.25) is 0 Å². The average Bonchev–Trinajstić information content (AvgIpc) is 3.24. The summed E-state index contributed by atoms with van der Waals surface area (Å²) in [6, 6.07) is 9.16. The van der Waals surface area contributed by atoms with Gasteiger partial charge in [0.25, 0.3) is 15.9 Å². The Kier molecular flexibility index (Phi) is 7.77. The Morgan fingerprint density at radius 2 is 1.84 bits per heavy atom. The quantitative estimate of drug-likeness (QED) is 0.433. The van der Waals surface area contributed by atoms with Gasteiger partial charge < -0.3 is 10.1 Å². The van der Waals surface area contributed by atoms with Crippen molar-refractivity contribution in [2.45, 2.75) is 24.8 Å². The van der Waals surface area contributed by atoms with Crippen LogP contribution >= 0.6 is 34.5 Å². The molecule has 164 valence electrons. The van der Waals surface area contributed by atoms with E-state index in [-0.39, 0.29) is 27.4 Å². The van der Waals surface area contributed by atoms with Gasteiger partial charge in [0.05, 0.1) is 21.5 Å². The van der Waals surface area contributed by atoms with Crippen molar-refractivity contribution in [3.05, 3.63) is 69.1 Å². The Labute approximate surface area is 194 Å². The van der Waals surface area contributed by atoms with Gasteiger partial charge in [-0.1, -0.05) is 42.3 Å². The summed E-state index contributed by atoms with van der Waals surface area (Å²) in [5.74, 6) is -0.0159. The minimum Gasteiger partial charge on any atom is -0.490 e. The van der Waals surface area contributed by atoms with E-state index in [0.29, 0.717) is 23.1 Å². The molecule has 0 atom stereocenters. The molecule has 0 fully saturated rings. The van der Waals surface area contributed by atoms with Gasteiger partial charge in [-0.2, -0.15) is 0 Å². The van der Waals surface area contributed by atoms with Crippen molar-refractivity contribution in [1.82, 2.24) is 10.3 Å². The molecule has 7 nitrogen and oxygen atoms in total. The average molecular weight is 500 g/mol. The SMILES string of the molecule is CCCOc1c(Cl)cc(C(=O)NCc2ccc(S(=O)(=O)Nc3nccs3)cc2)cc1Cl. The van der Waals surface area contributed by atoms with Gasteiger partial charge in [-0.25, -0.2) is 13.4 Å². The maximum Gasteiger partial charge on any atom is 0.263 e. The molecule has 2 N–H and O–H groups in total. The van der Waals surface area contributed by atoms with Crippen LogP contribution in [0.5, 0.6) is 5.75 Å². The first-order chi connectivity index (χ1) is 14.8. The fourth-order valence-corrected chi connectivity index (χ4v) is 4.94. The standard InChI is InChI=1S/C20H19Cl2N3O4S2/c1-2-8-29-18-16(21)10-14(11-17(18)22)19(26)24-12-13-3-5-15(6-4-13)31(27,28)25-20-23-7-9-30-20/h3-7,9-11H,2,8,12H2,1H3,(H,23,25)(H,24,26). The lowest BCUT2D eigenvalue weighted by Gasteiger charge is -2.12. The highest BCUT2D eigenvalue weighted by atomic mass is 35.5. The number of carbonyl (C=O) groups is 1. The van der Waals surface area contributed by atoms with Gasteiger partial charge in [-0.05, 0) is 36.2 Å². The first kappa shape index (κ1) is 23.3. The number of benzene rings is 2. The number of hydrogen-bond acceptors (Lipinski definition) is 6. The Bertz CT molecular complexity index is 1130. The molecule has 1 heterocycles. The summed E-state index contributed by atoms with van der Waals surface area (Å²) >= 11 is 13.6. The van der Waals surface area contributed by atoms with Gasteiger partial charge >= 0.3 is 0 Å². The van der Waals surface area contributed by atoms with Crippen LogP contribution in [0.15, 0.2) is 52.9 Å². The van der Waals surface area contributed by atoms with E-state index in [1.54, 1.807) is 17.5 Å². The maximum absolute atomic E-state index is 12.5. The van der Waals surface area contributed by atoms with Crippen LogP contribution < -0.4 is 14.8 Å². The molecule has 0 aliphatic heterocycles. The zero-order valence-corrected chi connectivity index (χ0v) is 19.5. The van der Waals surface area contributed by atoms with E-state index in [2.05, 4.69) is 15.0 Å². The summed E-state index contributed by atoms with van der Waals surface area (Å²) in [6.45, 7) is 2.63. The number of hydrogen-bond donors (Lipinski definition) is 2. The molecule has 0 unspecified atom stereocenters. The van der Waals surface area contributed by atoms with E-state index in [1.165, 1.54) is 41.8 Å². The van der Waals surface area contributed by atoms with Crippen molar-refractivity contribution in [3.8, 4) is 5.75 Å². The summed E-state index contributed by atoms with van der Waals surface area (Å²) in [4.78, 5) is 16.5. The summed E-state index contributed by atoms with van der Waals surface area (Å²) < 4.78 is 32.6. The number of ether oxygens (including phenoxy) is 1. The highest BCUT2D eigenvalue weighted by molar-refractivity contribution is 7.93. The number of thiazole rings is 1. The minimum atomic E-state index is -3.73. The molecule has 11 heteroatoms. The lowest BCUT2D eigenvalue weighted by Crippen LogP contribution is -2.23. The zero-order valence-electron chi connectivity index (χ0n) is 16.4. The number of anilines is 1. The smallest absolute Gasteiger partial charge is 0.263 e. The fraction of sp³-hybridized carbons (Fsp3) is 0.200. The first-order valence-corrected chi connectivity index (χ1v) is 12.3. The van der Waals surface area contributed by atoms with Crippen LogP contribution in [-0.4, -0.2) is 25.9 Å². The van der Waals surface area contributed by atoms with Crippen LogP contribution in [0.2, 0.25) is 10.0 Å². The third-order valence-electron chi connectivity index (χ3n) is 4.05. The fourth-order valence-electron chi connectivity index (χ4n) is 2.55. The van der Waals surface area contributed by atoms with Gasteiger partial charge in [0.1, 0.15) is 0 Å². The lowest BCUT2D eigenvalue weighted by atomic mass is 10.2. The molecule has 0 aliphatic carbocycles. The molecule has 0 spiro atoms. The number of halogens is 2. The summed E-state index contributed by atoms with van der Waals surface area (Å²) in [5, 5.41) is 5.24. The van der Waals surface area contributed by atoms with Gasteiger partial charge in [-0.15, -0.1) is 11.3 Å². The molecule has 0 saturated carbocycles. The van der Waals surface area contributed by atoms with Crippen LogP contribution in [0.4, 0.5) is 5.13 Å². The molecule has 2 aromatic carbocycles. The molecular formula is C20H19Cl2N3O4S2. The maximum atomic E-state index is 12.5. The van der Waals surface area contributed by atoms with Crippen LogP contribution in [0.3, 0.4) is 0 Å². The monoisotopic (exact) mass is 499 g/mol. The van der Waals surface area contributed by atoms with Gasteiger partial charge in [-0.3, -0.25) is 9.52 Å². The molecule has 1 aromatic heterocycles. The molecule has 3 rings (SSSR count). The van der Waals surface area contributed by atoms with Crippen molar-refractivity contribution in [1.29, 1.82) is 0 Å². The lowest BCUT2D eigenvalue weighted by molar-refractivity contribution is 0.0951. The summed E-state index contributed by atoms with van der Waals surface area (Å²) in [7, 11) is -3.73. The highest BCUT2D eigenvalue weighted by Gasteiger charge is 2.16. The summed E-state index contributed by atoms with van der Waals surface area (Å²) in [5.41, 5.74) is 1.02. The second kappa shape index (κ2) is 10.3. The molecule has 1 amide bonds. The molecule has 3 aromatic rings. The summed E-state index contributed by atoms with van der Waals surface area (Å²) in [6.07, 6.45) is 2.32. The minimum absolute atomic E-state index is 0.0963. The van der Waals surface area contributed by atoms with Crippen molar-refractivity contribution < 1.29 is 17.9 Å². The van der Waals surface area contributed by atoms with Gasteiger partial charge in [0, 0.05) is 23.7 Å². The number of rotatable bonds is 9. The predicted octanol–water partition coefficient (Wildman–Crippen LogP) is 4.97. The van der Waals surface area contributed by atoms with Crippen molar-refractivity contribution >= 4 is 55.6 Å². The topological polar surface area (TPSA) is 97.4 Å². The van der Waals surface area contributed by atoms with E-state index >= 15 is 0 Å². The van der Waals surface area contributed by atoms with E-state index in [4.69, 9.17) is 27.9 Å². The first-order valence-electron chi connectivity index (χ1n) is 9.21. The van der Waals surface area contributed by atoms with Gasteiger partial charge in [0.15, 0.2) is 10.9 Å².